The largest absolute Gasteiger partial charge is 1.00 e. The summed E-state index contributed by atoms with van der Waals surface area (Å²) in [4.78, 5) is 23.5. The summed E-state index contributed by atoms with van der Waals surface area (Å²) in [5, 5.41) is 0. The van der Waals surface area contributed by atoms with Gasteiger partial charge in [-0.05, 0) is 59.7 Å². The van der Waals surface area contributed by atoms with Crippen molar-refractivity contribution in [1.82, 2.24) is 0 Å². The Bertz CT molecular complexity index is 762. The summed E-state index contributed by atoms with van der Waals surface area (Å²) >= 11 is 0. The van der Waals surface area contributed by atoms with Crippen LogP contribution < -0.4 is 29.6 Å². The van der Waals surface area contributed by atoms with Crippen molar-refractivity contribution in [2.24, 2.45) is 0 Å². The molecular formula is C16H23NaO7S. The van der Waals surface area contributed by atoms with Gasteiger partial charge in [-0.25, -0.2) is 9.59 Å². The van der Waals surface area contributed by atoms with Gasteiger partial charge < -0.3 is 10.9 Å². The van der Waals surface area contributed by atoms with Gasteiger partial charge in [0.1, 0.15) is 16.1 Å². The molecule has 1 rings (SSSR count). The van der Waals surface area contributed by atoms with Crippen LogP contribution in [0.4, 0.5) is 0 Å². The molecule has 9 heteroatoms. The van der Waals surface area contributed by atoms with Crippen LogP contribution in [0, 0.1) is 0 Å². The second kappa shape index (κ2) is 8.18. The maximum absolute atomic E-state index is 12.1. The molecule has 7 nitrogen and oxygen atoms in total. The van der Waals surface area contributed by atoms with Gasteiger partial charge in [0.05, 0.1) is 11.1 Å². The molecule has 0 saturated carbocycles. The molecule has 1 aromatic carbocycles. The van der Waals surface area contributed by atoms with E-state index in [0.717, 1.165) is 12.1 Å². The standard InChI is InChI=1S/C16H22O7S.Na.H/c1-15(2,3)22-13(17)10-7-8-11(12(9-10)24(19,20)21)14(18)23-16(4,5)6;;/h7-9H,1-6H3,(H,19,20,21);;/q;+1;-1. The summed E-state index contributed by atoms with van der Waals surface area (Å²) in [5.41, 5.74) is -2.10. The third-order valence-electron chi connectivity index (χ3n) is 2.51. The number of carbonyl (C=O) groups excluding carboxylic acids is 2. The minimum atomic E-state index is -4.74. The first-order valence-corrected chi connectivity index (χ1v) is 8.62. The van der Waals surface area contributed by atoms with Crippen molar-refractivity contribution in [3.05, 3.63) is 29.3 Å². The van der Waals surface area contributed by atoms with Crippen molar-refractivity contribution in [2.45, 2.75) is 57.6 Å². The van der Waals surface area contributed by atoms with E-state index in [1.165, 1.54) is 6.07 Å². The third-order valence-corrected chi connectivity index (χ3v) is 3.41. The maximum Gasteiger partial charge on any atom is 1.00 e. The Balaban J connectivity index is 0. The molecule has 1 aromatic rings. The Labute approximate surface area is 171 Å². The van der Waals surface area contributed by atoms with Gasteiger partial charge in [-0.3, -0.25) is 4.55 Å². The summed E-state index contributed by atoms with van der Waals surface area (Å²) in [6, 6.07) is 3.24. The van der Waals surface area contributed by atoms with E-state index >= 15 is 0 Å². The number of hydrogen-bond donors (Lipinski definition) is 1. The molecular weight excluding hydrogens is 359 g/mol. The van der Waals surface area contributed by atoms with Crippen molar-refractivity contribution < 1.29 is 63.0 Å². The van der Waals surface area contributed by atoms with Crippen LogP contribution >= 0.6 is 0 Å². The van der Waals surface area contributed by atoms with Crippen LogP contribution in [0.5, 0.6) is 0 Å². The zero-order valence-corrected chi connectivity index (χ0v) is 18.4. The average molecular weight is 382 g/mol. The summed E-state index contributed by atoms with van der Waals surface area (Å²) in [6.07, 6.45) is 0. The molecule has 0 radical (unpaired) electrons. The molecule has 25 heavy (non-hydrogen) atoms. The second-order valence-corrected chi connectivity index (χ2v) is 8.58. The van der Waals surface area contributed by atoms with Crippen LogP contribution in [-0.2, 0) is 19.6 Å². The van der Waals surface area contributed by atoms with Gasteiger partial charge in [-0.1, -0.05) is 0 Å². The summed E-state index contributed by atoms with van der Waals surface area (Å²) < 4.78 is 42.8. The Morgan fingerprint density at radius 1 is 0.960 bits per heavy atom. The van der Waals surface area contributed by atoms with E-state index < -0.39 is 38.2 Å². The average Bonchev–Trinajstić information content (AvgIpc) is 2.32. The molecule has 0 spiro atoms. The molecule has 0 unspecified atom stereocenters. The number of ether oxygens (including phenoxy) is 2. The Morgan fingerprint density at radius 3 is 1.80 bits per heavy atom. The summed E-state index contributed by atoms with van der Waals surface area (Å²) in [5.74, 6) is -1.70. The first-order valence-electron chi connectivity index (χ1n) is 7.18. The van der Waals surface area contributed by atoms with Crippen LogP contribution in [0.2, 0.25) is 0 Å². The maximum atomic E-state index is 12.1. The van der Waals surface area contributed by atoms with Gasteiger partial charge in [0.2, 0.25) is 0 Å². The number of carbonyl (C=O) groups is 2. The molecule has 0 aliphatic carbocycles. The van der Waals surface area contributed by atoms with Crippen LogP contribution in [0.15, 0.2) is 23.1 Å². The fourth-order valence-corrected chi connectivity index (χ4v) is 2.41. The van der Waals surface area contributed by atoms with Crippen molar-refractivity contribution in [1.29, 1.82) is 0 Å². The number of rotatable bonds is 3. The fourth-order valence-electron chi connectivity index (χ4n) is 1.70. The smallest absolute Gasteiger partial charge is 1.00 e. The predicted octanol–water partition coefficient (Wildman–Crippen LogP) is -0.0396. The van der Waals surface area contributed by atoms with E-state index in [4.69, 9.17) is 9.47 Å². The van der Waals surface area contributed by atoms with E-state index in [2.05, 4.69) is 0 Å². The molecule has 0 saturated heterocycles. The van der Waals surface area contributed by atoms with Gasteiger partial charge in [-0.2, -0.15) is 8.42 Å². The van der Waals surface area contributed by atoms with Gasteiger partial charge in [-0.15, -0.1) is 0 Å². The Hall–Kier alpha value is -0.930. The summed E-state index contributed by atoms with van der Waals surface area (Å²) in [6.45, 7) is 9.82. The van der Waals surface area contributed by atoms with Crippen molar-refractivity contribution >= 4 is 22.1 Å². The van der Waals surface area contributed by atoms with E-state index in [9.17, 15) is 22.6 Å². The molecule has 0 aromatic heterocycles. The van der Waals surface area contributed by atoms with Crippen LogP contribution in [0.3, 0.4) is 0 Å². The minimum absolute atomic E-state index is 0. The zero-order chi connectivity index (χ0) is 18.9. The second-order valence-electron chi connectivity index (χ2n) is 7.19. The third kappa shape index (κ3) is 7.87. The topological polar surface area (TPSA) is 107 Å². The molecule has 0 amide bonds. The van der Waals surface area contributed by atoms with E-state index in [0.29, 0.717) is 0 Å². The van der Waals surface area contributed by atoms with Gasteiger partial charge in [0.25, 0.3) is 10.1 Å². The van der Waals surface area contributed by atoms with Crippen molar-refractivity contribution in [2.75, 3.05) is 0 Å². The van der Waals surface area contributed by atoms with E-state index in [1.807, 2.05) is 0 Å². The van der Waals surface area contributed by atoms with Gasteiger partial charge >= 0.3 is 41.5 Å². The molecule has 0 heterocycles. The zero-order valence-electron chi connectivity index (χ0n) is 16.5. The number of hydrogen-bond acceptors (Lipinski definition) is 6. The van der Waals surface area contributed by atoms with E-state index in [-0.39, 0.29) is 42.1 Å². The van der Waals surface area contributed by atoms with Crippen LogP contribution in [0.1, 0.15) is 63.7 Å². The Morgan fingerprint density at radius 2 is 1.40 bits per heavy atom. The minimum Gasteiger partial charge on any atom is -1.00 e. The monoisotopic (exact) mass is 382 g/mol. The van der Waals surface area contributed by atoms with E-state index in [1.54, 1.807) is 41.5 Å². The number of esters is 2. The molecule has 0 bridgehead atoms. The van der Waals surface area contributed by atoms with Crippen LogP contribution in [0.25, 0.3) is 0 Å². The van der Waals surface area contributed by atoms with Gasteiger partial charge in [0, 0.05) is 0 Å². The normalized spacial score (nSPS) is 12.1. The Kier molecular flexibility index (Phi) is 7.87. The molecule has 1 N–H and O–H groups in total. The fraction of sp³-hybridized carbons (Fsp3) is 0.500. The number of benzene rings is 1. The molecule has 0 aliphatic heterocycles. The van der Waals surface area contributed by atoms with Crippen molar-refractivity contribution in [3.8, 4) is 0 Å². The van der Waals surface area contributed by atoms with Gasteiger partial charge in [0.15, 0.2) is 0 Å². The molecule has 0 atom stereocenters. The SMILES string of the molecule is CC(C)(C)OC(=O)c1ccc(C(=O)OC(C)(C)C)c(S(=O)(=O)O)c1.[H-].[Na+]. The molecule has 0 fully saturated rings. The first kappa shape index (κ1) is 24.1. The summed E-state index contributed by atoms with van der Waals surface area (Å²) in [7, 11) is -4.74. The molecule has 0 aliphatic rings. The quantitative estimate of drug-likeness (QED) is 0.444. The first-order chi connectivity index (χ1) is 10.6. The molecule has 136 valence electrons. The van der Waals surface area contributed by atoms with Crippen LogP contribution in [-0.4, -0.2) is 36.1 Å². The predicted molar refractivity (Wildman–Crippen MR) is 87.7 cm³/mol. The van der Waals surface area contributed by atoms with Crippen molar-refractivity contribution in [3.63, 3.8) is 0 Å².